The van der Waals surface area contributed by atoms with Gasteiger partial charge in [0.2, 0.25) is 0 Å². The topological polar surface area (TPSA) is 9.23 Å². The summed E-state index contributed by atoms with van der Waals surface area (Å²) in [6.45, 7) is 9.36. The molecule has 0 saturated carbocycles. The van der Waals surface area contributed by atoms with Crippen molar-refractivity contribution in [2.24, 2.45) is 0 Å². The standard InChI is InChI=1S/C27H28OSi/c1-4-19-28-27-23(14-10-16-25(27)21-11-6-5-7-12-21)20-29(2,3)26-18-17-22-13-8-9-15-24(22)26/h4-18,26H,1,19-20H2,2-3H3. The van der Waals surface area contributed by atoms with Crippen LogP contribution in [0.4, 0.5) is 0 Å². The summed E-state index contributed by atoms with van der Waals surface area (Å²) in [6.07, 6.45) is 6.54. The van der Waals surface area contributed by atoms with Gasteiger partial charge in [-0.2, -0.15) is 0 Å². The van der Waals surface area contributed by atoms with Gasteiger partial charge in [0, 0.05) is 5.56 Å². The minimum absolute atomic E-state index is 0.519. The molecule has 0 spiro atoms. The van der Waals surface area contributed by atoms with Crippen molar-refractivity contribution >= 4 is 14.1 Å². The molecule has 0 aliphatic heterocycles. The Morgan fingerprint density at radius 3 is 2.48 bits per heavy atom. The molecule has 0 radical (unpaired) electrons. The number of rotatable bonds is 7. The number of fused-ring (bicyclic) bond motifs is 1. The monoisotopic (exact) mass is 396 g/mol. The Kier molecular flexibility index (Phi) is 5.55. The van der Waals surface area contributed by atoms with E-state index in [0.717, 1.165) is 17.4 Å². The van der Waals surface area contributed by atoms with Gasteiger partial charge in [0.1, 0.15) is 12.4 Å². The maximum atomic E-state index is 6.24. The summed E-state index contributed by atoms with van der Waals surface area (Å²) in [7, 11) is -1.65. The third-order valence-electron chi connectivity index (χ3n) is 5.81. The fourth-order valence-electron chi connectivity index (χ4n) is 4.41. The summed E-state index contributed by atoms with van der Waals surface area (Å²) >= 11 is 0. The van der Waals surface area contributed by atoms with Crippen LogP contribution >= 0.6 is 0 Å². The lowest BCUT2D eigenvalue weighted by Crippen LogP contribution is -2.36. The fourth-order valence-corrected chi connectivity index (χ4v) is 7.62. The van der Waals surface area contributed by atoms with Gasteiger partial charge in [-0.05, 0) is 33.8 Å². The SMILES string of the molecule is C=CCOc1c(C[Si](C)(C)C2C=Cc3ccccc32)cccc1-c1ccccc1. The number of benzene rings is 3. The van der Waals surface area contributed by atoms with E-state index >= 15 is 0 Å². The Hall–Kier alpha value is -2.84. The van der Waals surface area contributed by atoms with E-state index in [4.69, 9.17) is 4.74 Å². The zero-order valence-electron chi connectivity index (χ0n) is 17.3. The average Bonchev–Trinajstić information content (AvgIpc) is 3.18. The van der Waals surface area contributed by atoms with Crippen LogP contribution in [0.15, 0.2) is 91.5 Å². The Morgan fingerprint density at radius 2 is 1.69 bits per heavy atom. The van der Waals surface area contributed by atoms with E-state index in [-0.39, 0.29) is 0 Å². The summed E-state index contributed by atoms with van der Waals surface area (Å²) in [4.78, 5) is 0. The first-order chi connectivity index (χ1) is 14.1. The van der Waals surface area contributed by atoms with Crippen LogP contribution in [0.3, 0.4) is 0 Å². The molecule has 1 nitrogen and oxygen atoms in total. The number of hydrogen-bond acceptors (Lipinski definition) is 1. The number of allylic oxidation sites excluding steroid dienone is 1. The van der Waals surface area contributed by atoms with Gasteiger partial charge in [-0.1, -0.05) is 111 Å². The van der Waals surface area contributed by atoms with Crippen LogP contribution in [0, 0.1) is 0 Å². The molecule has 0 N–H and O–H groups in total. The Labute approximate surface area is 175 Å². The Bertz CT molecular complexity index is 1030. The minimum atomic E-state index is -1.65. The molecular weight excluding hydrogens is 368 g/mol. The predicted octanol–water partition coefficient (Wildman–Crippen LogP) is 7.06. The first-order valence-electron chi connectivity index (χ1n) is 10.3. The predicted molar refractivity (Wildman–Crippen MR) is 127 cm³/mol. The van der Waals surface area contributed by atoms with Crippen LogP contribution in [0.1, 0.15) is 22.2 Å². The summed E-state index contributed by atoms with van der Waals surface area (Å²) in [6, 6.07) is 27.0. The summed E-state index contributed by atoms with van der Waals surface area (Å²) in [5.41, 5.74) is 7.06. The van der Waals surface area contributed by atoms with Crippen molar-refractivity contribution in [1.82, 2.24) is 0 Å². The van der Waals surface area contributed by atoms with Gasteiger partial charge in [0.05, 0.1) is 8.07 Å². The fraction of sp³-hybridized carbons (Fsp3) is 0.185. The maximum absolute atomic E-state index is 6.24. The lowest BCUT2D eigenvalue weighted by Gasteiger charge is -2.31. The molecule has 0 amide bonds. The van der Waals surface area contributed by atoms with Crippen molar-refractivity contribution in [3.63, 3.8) is 0 Å². The lowest BCUT2D eigenvalue weighted by atomic mass is 10.0. The van der Waals surface area contributed by atoms with Gasteiger partial charge in [-0.25, -0.2) is 0 Å². The highest BCUT2D eigenvalue weighted by Gasteiger charge is 2.35. The van der Waals surface area contributed by atoms with E-state index in [1.54, 1.807) is 0 Å². The van der Waals surface area contributed by atoms with E-state index in [1.165, 1.54) is 22.3 Å². The van der Waals surface area contributed by atoms with Crippen LogP contribution in [-0.4, -0.2) is 14.7 Å². The zero-order chi connectivity index (χ0) is 20.3. The molecule has 0 heterocycles. The van der Waals surface area contributed by atoms with E-state index in [9.17, 15) is 0 Å². The molecule has 2 heteroatoms. The Morgan fingerprint density at radius 1 is 0.931 bits per heavy atom. The van der Waals surface area contributed by atoms with Crippen LogP contribution in [-0.2, 0) is 6.04 Å². The minimum Gasteiger partial charge on any atom is -0.489 e. The van der Waals surface area contributed by atoms with Crippen LogP contribution < -0.4 is 4.74 Å². The summed E-state index contributed by atoms with van der Waals surface area (Å²) < 4.78 is 6.24. The number of para-hydroxylation sites is 1. The van der Waals surface area contributed by atoms with Crippen LogP contribution in [0.5, 0.6) is 5.75 Å². The van der Waals surface area contributed by atoms with Crippen molar-refractivity contribution in [2.45, 2.75) is 24.7 Å². The summed E-state index contributed by atoms with van der Waals surface area (Å²) in [5.74, 6) is 1.01. The molecule has 146 valence electrons. The second kappa shape index (κ2) is 8.26. The molecule has 0 aromatic heterocycles. The molecule has 0 fully saturated rings. The van der Waals surface area contributed by atoms with Crippen molar-refractivity contribution in [3.8, 4) is 16.9 Å². The average molecular weight is 397 g/mol. The largest absolute Gasteiger partial charge is 0.489 e. The van der Waals surface area contributed by atoms with Gasteiger partial charge in [0.25, 0.3) is 0 Å². The normalized spacial score (nSPS) is 15.2. The van der Waals surface area contributed by atoms with Crippen molar-refractivity contribution in [3.05, 3.63) is 108 Å². The second-order valence-electron chi connectivity index (χ2n) is 8.39. The van der Waals surface area contributed by atoms with E-state index in [1.807, 2.05) is 6.08 Å². The van der Waals surface area contributed by atoms with E-state index < -0.39 is 8.07 Å². The van der Waals surface area contributed by atoms with Gasteiger partial charge in [-0.3, -0.25) is 0 Å². The highest BCUT2D eigenvalue weighted by atomic mass is 28.3. The quantitative estimate of drug-likeness (QED) is 0.307. The highest BCUT2D eigenvalue weighted by Crippen LogP contribution is 2.41. The molecule has 0 saturated heterocycles. The van der Waals surface area contributed by atoms with Gasteiger partial charge in [-0.15, -0.1) is 0 Å². The van der Waals surface area contributed by atoms with E-state index in [0.29, 0.717) is 12.1 Å². The molecule has 1 aliphatic carbocycles. The highest BCUT2D eigenvalue weighted by molar-refractivity contribution is 6.79. The molecule has 4 rings (SSSR count). The molecule has 1 aliphatic rings. The second-order valence-corrected chi connectivity index (χ2v) is 13.3. The van der Waals surface area contributed by atoms with Crippen molar-refractivity contribution < 1.29 is 4.74 Å². The van der Waals surface area contributed by atoms with Crippen molar-refractivity contribution in [1.29, 1.82) is 0 Å². The summed E-state index contributed by atoms with van der Waals surface area (Å²) in [5, 5.41) is 0. The molecule has 3 aromatic carbocycles. The Balaban J connectivity index is 1.71. The molecule has 29 heavy (non-hydrogen) atoms. The maximum Gasteiger partial charge on any atom is 0.130 e. The number of hydrogen-bond donors (Lipinski definition) is 0. The van der Waals surface area contributed by atoms with Crippen LogP contribution in [0.2, 0.25) is 13.1 Å². The third-order valence-corrected chi connectivity index (χ3v) is 9.29. The lowest BCUT2D eigenvalue weighted by molar-refractivity contribution is 0.361. The molecule has 3 aromatic rings. The molecule has 1 unspecified atom stereocenters. The first-order valence-corrected chi connectivity index (χ1v) is 13.6. The molecular formula is C27H28OSi. The third kappa shape index (κ3) is 3.99. The van der Waals surface area contributed by atoms with Crippen molar-refractivity contribution in [2.75, 3.05) is 6.61 Å². The first kappa shape index (κ1) is 19.5. The van der Waals surface area contributed by atoms with Gasteiger partial charge >= 0.3 is 0 Å². The number of ether oxygens (including phenoxy) is 1. The van der Waals surface area contributed by atoms with E-state index in [2.05, 4.69) is 105 Å². The van der Waals surface area contributed by atoms with Gasteiger partial charge < -0.3 is 4.74 Å². The van der Waals surface area contributed by atoms with Gasteiger partial charge in [0.15, 0.2) is 0 Å². The molecule has 1 atom stereocenters. The zero-order valence-corrected chi connectivity index (χ0v) is 18.3. The van der Waals surface area contributed by atoms with Crippen LogP contribution in [0.25, 0.3) is 17.2 Å². The molecule has 0 bridgehead atoms. The smallest absolute Gasteiger partial charge is 0.130 e.